The second-order valence-corrected chi connectivity index (χ2v) is 5.44. The molecule has 3 heterocycles. The fourth-order valence-corrected chi connectivity index (χ4v) is 2.78. The van der Waals surface area contributed by atoms with Crippen LogP contribution >= 0.6 is 0 Å². The van der Waals surface area contributed by atoms with Crippen LogP contribution in [0, 0.1) is 5.82 Å². The van der Waals surface area contributed by atoms with Crippen molar-refractivity contribution in [2.75, 3.05) is 18.5 Å². The number of anilines is 2. The minimum Gasteiger partial charge on any atom is -0.486 e. The molecule has 24 heavy (non-hydrogen) atoms. The van der Waals surface area contributed by atoms with Gasteiger partial charge in [-0.05, 0) is 18.2 Å². The van der Waals surface area contributed by atoms with Crippen molar-refractivity contribution in [3.05, 3.63) is 42.2 Å². The Labute approximate surface area is 135 Å². The molecule has 0 atom stereocenters. The van der Waals surface area contributed by atoms with Crippen LogP contribution in [0.5, 0.6) is 11.5 Å². The highest BCUT2D eigenvalue weighted by atomic mass is 19.1. The van der Waals surface area contributed by atoms with Crippen LogP contribution in [0.3, 0.4) is 0 Å². The first kappa shape index (κ1) is 13.2. The van der Waals surface area contributed by atoms with E-state index >= 15 is 0 Å². The van der Waals surface area contributed by atoms with Gasteiger partial charge in [-0.3, -0.25) is 5.10 Å². The van der Waals surface area contributed by atoms with Crippen molar-refractivity contribution < 1.29 is 13.9 Å². The number of ether oxygens (including phenoxy) is 2. The monoisotopic (exact) mass is 325 g/mol. The highest BCUT2D eigenvalue weighted by molar-refractivity contribution is 5.83. The Bertz CT molecular complexity index is 1070. The molecule has 1 aliphatic heterocycles. The lowest BCUT2D eigenvalue weighted by atomic mass is 10.2. The fourth-order valence-electron chi connectivity index (χ4n) is 2.78. The van der Waals surface area contributed by atoms with Crippen LogP contribution in [0.2, 0.25) is 0 Å². The van der Waals surface area contributed by atoms with Gasteiger partial charge in [0.05, 0.1) is 11.0 Å². The van der Waals surface area contributed by atoms with Crippen molar-refractivity contribution in [1.29, 1.82) is 0 Å². The van der Waals surface area contributed by atoms with E-state index in [2.05, 4.69) is 20.4 Å². The first-order chi connectivity index (χ1) is 11.8. The Hall–Kier alpha value is -3.29. The van der Waals surface area contributed by atoms with Crippen LogP contribution < -0.4 is 14.8 Å². The van der Waals surface area contributed by atoms with Crippen molar-refractivity contribution in [2.45, 2.75) is 0 Å². The van der Waals surface area contributed by atoms with Gasteiger partial charge in [0.25, 0.3) is 5.78 Å². The number of hydrogen-bond acceptors (Lipinski definition) is 5. The summed E-state index contributed by atoms with van der Waals surface area (Å²) >= 11 is 0. The number of halogens is 1. The van der Waals surface area contributed by atoms with Crippen LogP contribution in [0.25, 0.3) is 16.8 Å². The van der Waals surface area contributed by atoms with Crippen LogP contribution in [0.4, 0.5) is 16.0 Å². The number of nitrogens with one attached hydrogen (secondary N) is 2. The van der Waals surface area contributed by atoms with Crippen molar-refractivity contribution in [3.63, 3.8) is 0 Å². The minimum absolute atomic E-state index is 0.314. The number of nitrogens with zero attached hydrogens (tertiary/aromatic N) is 3. The van der Waals surface area contributed by atoms with Crippen LogP contribution in [0.15, 0.2) is 36.4 Å². The Morgan fingerprint density at radius 1 is 1.08 bits per heavy atom. The van der Waals surface area contributed by atoms with E-state index in [1.807, 2.05) is 12.1 Å². The maximum atomic E-state index is 13.3. The molecule has 8 heteroatoms. The zero-order valence-corrected chi connectivity index (χ0v) is 12.4. The van der Waals surface area contributed by atoms with Crippen LogP contribution in [-0.4, -0.2) is 32.8 Å². The first-order valence-corrected chi connectivity index (χ1v) is 7.47. The lowest BCUT2D eigenvalue weighted by molar-refractivity contribution is 0.172. The summed E-state index contributed by atoms with van der Waals surface area (Å²) in [6, 6.07) is 9.88. The van der Waals surface area contributed by atoms with Gasteiger partial charge >= 0.3 is 0 Å². The van der Waals surface area contributed by atoms with E-state index in [0.29, 0.717) is 42.1 Å². The molecule has 120 valence electrons. The lowest BCUT2D eigenvalue weighted by Gasteiger charge is -2.17. The maximum Gasteiger partial charge on any atom is 0.253 e. The van der Waals surface area contributed by atoms with Gasteiger partial charge in [0.2, 0.25) is 5.95 Å². The molecule has 1 aliphatic rings. The lowest BCUT2D eigenvalue weighted by Crippen LogP contribution is -2.15. The van der Waals surface area contributed by atoms with Gasteiger partial charge in [0, 0.05) is 17.8 Å². The fraction of sp³-hybridized carbons (Fsp3) is 0.125. The van der Waals surface area contributed by atoms with Crippen LogP contribution in [0.1, 0.15) is 0 Å². The number of H-pyrrole nitrogens is 1. The average molecular weight is 325 g/mol. The quantitative estimate of drug-likeness (QED) is 0.593. The molecule has 0 fully saturated rings. The van der Waals surface area contributed by atoms with E-state index in [0.717, 1.165) is 11.0 Å². The summed E-state index contributed by atoms with van der Waals surface area (Å²) in [6.07, 6.45) is 0. The Balaban J connectivity index is 1.58. The predicted octanol–water partition coefficient (Wildman–Crippen LogP) is 2.86. The molecule has 0 amide bonds. The van der Waals surface area contributed by atoms with Crippen molar-refractivity contribution in [3.8, 4) is 11.5 Å². The molecule has 0 aliphatic carbocycles. The van der Waals surface area contributed by atoms with Gasteiger partial charge < -0.3 is 14.8 Å². The molecular weight excluding hydrogens is 313 g/mol. The maximum absolute atomic E-state index is 13.3. The molecule has 0 unspecified atom stereocenters. The zero-order valence-electron chi connectivity index (χ0n) is 12.4. The largest absolute Gasteiger partial charge is 0.486 e. The van der Waals surface area contributed by atoms with E-state index in [4.69, 9.17) is 9.47 Å². The highest BCUT2D eigenvalue weighted by Gasteiger charge is 2.17. The summed E-state index contributed by atoms with van der Waals surface area (Å²) in [5.41, 5.74) is 2.19. The average Bonchev–Trinajstić information content (AvgIpc) is 3.10. The predicted molar refractivity (Wildman–Crippen MR) is 85.5 cm³/mol. The van der Waals surface area contributed by atoms with E-state index in [9.17, 15) is 4.39 Å². The highest BCUT2D eigenvalue weighted by Crippen LogP contribution is 2.34. The van der Waals surface area contributed by atoms with E-state index < -0.39 is 0 Å². The second kappa shape index (κ2) is 4.85. The van der Waals surface area contributed by atoms with Gasteiger partial charge in [-0.15, -0.1) is 0 Å². The van der Waals surface area contributed by atoms with Crippen molar-refractivity contribution in [2.24, 2.45) is 0 Å². The zero-order chi connectivity index (χ0) is 16.1. The number of hydrogen-bond donors (Lipinski definition) is 2. The standard InChI is InChI=1S/C16H12FN5O2/c17-9-2-1-3-10(6-9)18-15-20-16-19-11-7-13-14(24-5-4-23-13)8-12(11)22(16)21-15/h1-3,6-8H,4-5H2,(H2,18,19,20,21). The summed E-state index contributed by atoms with van der Waals surface area (Å²) in [5, 5.41) is 6.13. The first-order valence-electron chi connectivity index (χ1n) is 7.47. The molecule has 0 radical (unpaired) electrons. The molecule has 0 bridgehead atoms. The molecule has 2 aromatic heterocycles. The number of aromatic nitrogens is 4. The molecule has 2 N–H and O–H groups in total. The third-order valence-corrected chi connectivity index (χ3v) is 3.82. The van der Waals surface area contributed by atoms with E-state index in [-0.39, 0.29) is 5.82 Å². The molecular formula is C16H12FN5O2. The van der Waals surface area contributed by atoms with Crippen LogP contribution in [-0.2, 0) is 0 Å². The Morgan fingerprint density at radius 3 is 2.75 bits per heavy atom. The normalized spacial score (nSPS) is 13.5. The number of imidazole rings is 1. The Morgan fingerprint density at radius 2 is 1.92 bits per heavy atom. The molecule has 4 aromatic rings. The van der Waals surface area contributed by atoms with Gasteiger partial charge in [0.1, 0.15) is 19.0 Å². The van der Waals surface area contributed by atoms with Crippen molar-refractivity contribution in [1.82, 2.24) is 19.6 Å². The molecule has 5 rings (SSSR count). The van der Waals surface area contributed by atoms with Gasteiger partial charge in [-0.1, -0.05) is 6.07 Å². The summed E-state index contributed by atoms with van der Waals surface area (Å²) in [4.78, 5) is 8.86. The number of rotatable bonds is 2. The topological polar surface area (TPSA) is 76.5 Å². The Kier molecular flexibility index (Phi) is 2.66. The summed E-state index contributed by atoms with van der Waals surface area (Å²) in [6.45, 7) is 1.06. The number of benzene rings is 2. The summed E-state index contributed by atoms with van der Waals surface area (Å²) in [7, 11) is 0. The number of fused-ring (bicyclic) bond motifs is 4. The summed E-state index contributed by atoms with van der Waals surface area (Å²) < 4.78 is 26.2. The molecule has 7 nitrogen and oxygen atoms in total. The van der Waals surface area contributed by atoms with Gasteiger partial charge in [0.15, 0.2) is 11.5 Å². The molecule has 2 aromatic carbocycles. The number of aromatic amines is 1. The van der Waals surface area contributed by atoms with Crippen molar-refractivity contribution >= 4 is 28.4 Å². The summed E-state index contributed by atoms with van der Waals surface area (Å²) in [5.74, 6) is 2.04. The van der Waals surface area contributed by atoms with E-state index in [1.54, 1.807) is 16.6 Å². The van der Waals surface area contributed by atoms with E-state index in [1.165, 1.54) is 12.1 Å². The smallest absolute Gasteiger partial charge is 0.253 e. The van der Waals surface area contributed by atoms with Gasteiger partial charge in [-0.25, -0.2) is 13.9 Å². The second-order valence-electron chi connectivity index (χ2n) is 5.44. The van der Waals surface area contributed by atoms with Gasteiger partial charge in [-0.2, -0.15) is 4.98 Å². The SMILES string of the molecule is Fc1cccc(Nc2nc3nc4cc5c(cc4n3[nH]2)OCCO5)c1. The molecule has 0 saturated carbocycles. The third-order valence-electron chi connectivity index (χ3n) is 3.82. The third kappa shape index (κ3) is 2.03. The minimum atomic E-state index is -0.314. The molecule has 0 saturated heterocycles. The molecule has 0 spiro atoms.